The second-order valence-corrected chi connectivity index (χ2v) is 6.67. The zero-order valence-corrected chi connectivity index (χ0v) is 14.8. The summed E-state index contributed by atoms with van der Waals surface area (Å²) in [7, 11) is -1.71. The van der Waals surface area contributed by atoms with E-state index in [1.54, 1.807) is 0 Å². The molecule has 0 aliphatic rings. The maximum absolute atomic E-state index is 9.82. The van der Waals surface area contributed by atoms with Crippen LogP contribution in [0.15, 0.2) is 0 Å². The summed E-state index contributed by atoms with van der Waals surface area (Å²) < 4.78 is 11.1. The zero-order chi connectivity index (χ0) is 15.2. The minimum Gasteiger partial charge on any atom is -0.328 e. The van der Waals surface area contributed by atoms with Crippen molar-refractivity contribution in [3.63, 3.8) is 0 Å². The molecule has 0 aromatic rings. The summed E-state index contributed by atoms with van der Waals surface area (Å²) in [6.45, 7) is 8.46. The lowest BCUT2D eigenvalue weighted by molar-refractivity contribution is 0.114. The van der Waals surface area contributed by atoms with Gasteiger partial charge in [-0.3, -0.25) is 0 Å². The summed E-state index contributed by atoms with van der Waals surface area (Å²) >= 11 is 0. The van der Waals surface area contributed by atoms with Crippen molar-refractivity contribution in [2.45, 2.75) is 104 Å². The third-order valence-corrected chi connectivity index (χ3v) is 4.55. The molecule has 0 saturated carbocycles. The van der Waals surface area contributed by atoms with Crippen molar-refractivity contribution in [1.29, 1.82) is 0 Å². The lowest BCUT2D eigenvalue weighted by Crippen LogP contribution is -2.10. The Balaban J connectivity index is 3.56. The predicted molar refractivity (Wildman–Crippen MR) is 87.8 cm³/mol. The Morgan fingerprint density at radius 1 is 0.750 bits per heavy atom. The first kappa shape index (κ1) is 20.3. The van der Waals surface area contributed by atoms with Crippen molar-refractivity contribution in [2.24, 2.45) is 0 Å². The maximum Gasteiger partial charge on any atom is 0.330 e. The molecule has 0 heterocycles. The van der Waals surface area contributed by atoms with Crippen LogP contribution in [0.3, 0.4) is 0 Å². The Morgan fingerprint density at radius 2 is 1.15 bits per heavy atom. The third-order valence-electron chi connectivity index (χ3n) is 3.47. The van der Waals surface area contributed by atoms with Gasteiger partial charge in [0.25, 0.3) is 0 Å². The molecule has 0 radical (unpaired) electrons. The van der Waals surface area contributed by atoms with Crippen LogP contribution in [0, 0.1) is 0 Å². The van der Waals surface area contributed by atoms with Crippen LogP contribution in [-0.4, -0.2) is 17.1 Å². The van der Waals surface area contributed by atoms with Gasteiger partial charge in [-0.1, -0.05) is 65.2 Å². The molecule has 1 N–H and O–H groups in total. The lowest BCUT2D eigenvalue weighted by Gasteiger charge is -2.20. The van der Waals surface area contributed by atoms with Crippen LogP contribution in [0.2, 0.25) is 0 Å². The van der Waals surface area contributed by atoms with E-state index in [4.69, 9.17) is 9.05 Å². The molecule has 0 aliphatic heterocycles. The van der Waals surface area contributed by atoms with E-state index < -0.39 is 8.60 Å². The van der Waals surface area contributed by atoms with Crippen molar-refractivity contribution < 1.29 is 13.9 Å². The second kappa shape index (κ2) is 14.3. The Morgan fingerprint density at radius 3 is 1.50 bits per heavy atom. The molecule has 0 bridgehead atoms. The Kier molecular flexibility index (Phi) is 14.5. The highest BCUT2D eigenvalue weighted by atomic mass is 31.2. The average Bonchev–Trinajstić information content (AvgIpc) is 2.39. The van der Waals surface area contributed by atoms with Crippen LogP contribution < -0.4 is 0 Å². The van der Waals surface area contributed by atoms with Crippen LogP contribution in [0.4, 0.5) is 0 Å². The minimum atomic E-state index is -1.71. The molecule has 122 valence electrons. The van der Waals surface area contributed by atoms with E-state index in [2.05, 4.69) is 13.8 Å². The van der Waals surface area contributed by atoms with Gasteiger partial charge in [0, 0.05) is 0 Å². The number of hydrogen-bond donors (Lipinski definition) is 1. The highest BCUT2D eigenvalue weighted by Crippen LogP contribution is 2.37. The van der Waals surface area contributed by atoms with Crippen LogP contribution in [0.1, 0.15) is 91.9 Å². The molecule has 3 nitrogen and oxygen atoms in total. The monoisotopic (exact) mass is 306 g/mol. The van der Waals surface area contributed by atoms with Crippen LogP contribution in [0.5, 0.6) is 0 Å². The summed E-state index contributed by atoms with van der Waals surface area (Å²) in [5, 5.41) is 0. The molecular formula is C16H35O3P. The van der Waals surface area contributed by atoms with Gasteiger partial charge in [-0.2, -0.15) is 0 Å². The summed E-state index contributed by atoms with van der Waals surface area (Å²) in [4.78, 5) is 9.82. The fraction of sp³-hybridized carbons (Fsp3) is 1.00. The largest absolute Gasteiger partial charge is 0.330 e. The van der Waals surface area contributed by atoms with Crippen molar-refractivity contribution in [2.75, 3.05) is 0 Å². The van der Waals surface area contributed by atoms with E-state index >= 15 is 0 Å². The van der Waals surface area contributed by atoms with Gasteiger partial charge in [0.1, 0.15) is 0 Å². The first-order valence-electron chi connectivity index (χ1n) is 8.42. The molecular weight excluding hydrogens is 271 g/mol. The Bertz CT molecular complexity index is 182. The first-order chi connectivity index (χ1) is 9.60. The van der Waals surface area contributed by atoms with Crippen molar-refractivity contribution in [3.8, 4) is 0 Å². The van der Waals surface area contributed by atoms with Crippen LogP contribution in [0.25, 0.3) is 0 Å². The second-order valence-electron chi connectivity index (χ2n) is 5.77. The molecule has 4 heteroatoms. The quantitative estimate of drug-likeness (QED) is 0.318. The topological polar surface area (TPSA) is 38.7 Å². The number of rotatable bonds is 14. The van der Waals surface area contributed by atoms with Gasteiger partial charge in [0.05, 0.1) is 12.2 Å². The van der Waals surface area contributed by atoms with E-state index in [0.717, 1.165) is 12.8 Å². The van der Waals surface area contributed by atoms with Gasteiger partial charge in [-0.25, -0.2) is 0 Å². The van der Waals surface area contributed by atoms with Crippen LogP contribution in [-0.2, 0) is 9.05 Å². The van der Waals surface area contributed by atoms with E-state index in [1.807, 2.05) is 13.8 Å². The fourth-order valence-electron chi connectivity index (χ4n) is 2.16. The van der Waals surface area contributed by atoms with Crippen molar-refractivity contribution >= 4 is 8.60 Å². The normalized spacial score (nSPS) is 16.1. The van der Waals surface area contributed by atoms with E-state index in [-0.39, 0.29) is 12.2 Å². The average molecular weight is 306 g/mol. The van der Waals surface area contributed by atoms with Crippen molar-refractivity contribution in [1.82, 2.24) is 0 Å². The predicted octanol–water partition coefficient (Wildman–Crippen LogP) is 5.96. The van der Waals surface area contributed by atoms with Gasteiger partial charge in [-0.15, -0.1) is 0 Å². The molecule has 0 aliphatic carbocycles. The van der Waals surface area contributed by atoms with Gasteiger partial charge in [0.2, 0.25) is 0 Å². The summed E-state index contributed by atoms with van der Waals surface area (Å²) in [6, 6.07) is 0. The van der Waals surface area contributed by atoms with E-state index in [9.17, 15) is 4.89 Å². The van der Waals surface area contributed by atoms with Gasteiger partial charge in [-0.05, 0) is 26.7 Å². The molecule has 20 heavy (non-hydrogen) atoms. The van der Waals surface area contributed by atoms with Gasteiger partial charge >= 0.3 is 8.60 Å². The SMILES string of the molecule is CCCCCC[C@@H](C)OP(O)O[C@@H](C)CCCCCC. The zero-order valence-electron chi connectivity index (χ0n) is 13.9. The fourth-order valence-corrected chi connectivity index (χ4v) is 3.03. The van der Waals surface area contributed by atoms with Gasteiger partial charge < -0.3 is 13.9 Å². The smallest absolute Gasteiger partial charge is 0.328 e. The molecule has 3 atom stereocenters. The molecule has 0 spiro atoms. The molecule has 0 saturated heterocycles. The number of unbranched alkanes of at least 4 members (excludes halogenated alkanes) is 6. The Hall–Kier alpha value is 0.310. The van der Waals surface area contributed by atoms with Gasteiger partial charge in [0.15, 0.2) is 0 Å². The molecule has 0 rings (SSSR count). The summed E-state index contributed by atoms with van der Waals surface area (Å²) in [5.41, 5.74) is 0. The van der Waals surface area contributed by atoms with Crippen LogP contribution >= 0.6 is 8.60 Å². The maximum atomic E-state index is 9.82. The third kappa shape index (κ3) is 13.3. The highest BCUT2D eigenvalue weighted by molar-refractivity contribution is 7.40. The first-order valence-corrected chi connectivity index (χ1v) is 9.55. The molecule has 0 aromatic heterocycles. The standard InChI is InChI=1S/C16H35O3P/c1-5-7-9-11-13-15(3)18-20(17)19-16(4)14-12-10-8-6-2/h15-17H,5-14H2,1-4H3/t15-,16+,20?. The van der Waals surface area contributed by atoms with E-state index in [0.29, 0.717) is 0 Å². The molecule has 0 fully saturated rings. The lowest BCUT2D eigenvalue weighted by atomic mass is 10.1. The van der Waals surface area contributed by atoms with Crippen molar-refractivity contribution in [3.05, 3.63) is 0 Å². The van der Waals surface area contributed by atoms with E-state index in [1.165, 1.54) is 51.4 Å². The Labute approximate surface area is 127 Å². The number of hydrogen-bond acceptors (Lipinski definition) is 3. The highest BCUT2D eigenvalue weighted by Gasteiger charge is 2.15. The molecule has 0 aromatic carbocycles. The molecule has 0 amide bonds. The molecule has 1 unspecified atom stereocenters. The minimum absolute atomic E-state index is 0.0928. The summed E-state index contributed by atoms with van der Waals surface area (Å²) in [5.74, 6) is 0. The summed E-state index contributed by atoms with van der Waals surface area (Å²) in [6.07, 6.45) is 12.1.